The molecular formula is C28H30F5N5O2. The van der Waals surface area contributed by atoms with Crippen LogP contribution in [0.25, 0.3) is 0 Å². The second-order valence-electron chi connectivity index (χ2n) is 9.63. The second-order valence-corrected chi connectivity index (χ2v) is 9.63. The first-order valence-electron chi connectivity index (χ1n) is 12.9. The van der Waals surface area contributed by atoms with Gasteiger partial charge in [0.1, 0.15) is 5.82 Å². The molecule has 1 aromatic carbocycles. The van der Waals surface area contributed by atoms with E-state index in [0.717, 1.165) is 37.1 Å². The topological polar surface area (TPSA) is 79.4 Å². The number of rotatable bonds is 11. The van der Waals surface area contributed by atoms with Crippen LogP contribution in [0.4, 0.5) is 33.5 Å². The molecule has 1 fully saturated rings. The number of hydrogen-bond donors (Lipinski definition) is 2. The first-order chi connectivity index (χ1) is 19.0. The number of aromatic nitrogens is 2. The molecule has 2 aromatic heterocycles. The van der Waals surface area contributed by atoms with E-state index in [2.05, 4.69) is 32.5 Å². The average Bonchev–Trinajstić information content (AvgIpc) is 3.34. The van der Waals surface area contributed by atoms with Gasteiger partial charge in [-0.3, -0.25) is 4.79 Å². The van der Waals surface area contributed by atoms with Gasteiger partial charge in [0, 0.05) is 42.3 Å². The third kappa shape index (κ3) is 7.23. The van der Waals surface area contributed by atoms with Gasteiger partial charge in [-0.1, -0.05) is 12.1 Å². The van der Waals surface area contributed by atoms with Crippen molar-refractivity contribution in [2.45, 2.75) is 50.4 Å². The molecule has 1 aliphatic heterocycles. The minimum Gasteiger partial charge on any atom is -0.478 e. The minimum atomic E-state index is -5.72. The van der Waals surface area contributed by atoms with E-state index in [-0.39, 0.29) is 17.1 Å². The lowest BCUT2D eigenvalue weighted by atomic mass is 10.1. The number of likely N-dealkylation sites (tertiary alicyclic amines) is 1. The Hall–Kier alpha value is -3.80. The summed E-state index contributed by atoms with van der Waals surface area (Å²) in [5.41, 5.74) is -0.158. The van der Waals surface area contributed by atoms with Crippen molar-refractivity contribution >= 4 is 17.4 Å². The van der Waals surface area contributed by atoms with Crippen LogP contribution >= 0.6 is 0 Å². The Morgan fingerprint density at radius 1 is 1.07 bits per heavy atom. The number of amides is 1. The van der Waals surface area contributed by atoms with Gasteiger partial charge in [0.05, 0.1) is 12.2 Å². The maximum atomic E-state index is 13.5. The highest BCUT2D eigenvalue weighted by Crippen LogP contribution is 2.44. The molecule has 1 atom stereocenters. The van der Waals surface area contributed by atoms with Gasteiger partial charge >= 0.3 is 12.1 Å². The first-order valence-corrected chi connectivity index (χ1v) is 12.9. The Morgan fingerprint density at radius 2 is 1.85 bits per heavy atom. The fraction of sp³-hybridized carbons (Fsp3) is 0.393. The summed E-state index contributed by atoms with van der Waals surface area (Å²) >= 11 is 0. The summed E-state index contributed by atoms with van der Waals surface area (Å²) in [4.78, 5) is 23.7. The predicted octanol–water partition coefficient (Wildman–Crippen LogP) is 6.25. The van der Waals surface area contributed by atoms with Crippen LogP contribution in [0.1, 0.15) is 47.2 Å². The summed E-state index contributed by atoms with van der Waals surface area (Å²) in [6, 6.07) is 10.5. The number of halogens is 5. The van der Waals surface area contributed by atoms with Crippen LogP contribution in [0.3, 0.4) is 0 Å². The summed E-state index contributed by atoms with van der Waals surface area (Å²) in [6.07, 6.45) is 1.87. The van der Waals surface area contributed by atoms with Gasteiger partial charge < -0.3 is 20.3 Å². The highest BCUT2D eigenvalue weighted by molar-refractivity contribution is 6.07. The molecule has 0 saturated carbocycles. The van der Waals surface area contributed by atoms with Crippen molar-refractivity contribution < 1.29 is 31.5 Å². The van der Waals surface area contributed by atoms with Crippen molar-refractivity contribution in [1.82, 2.24) is 14.9 Å². The number of nitrogens with zero attached hydrogens (tertiary/aromatic N) is 3. The van der Waals surface area contributed by atoms with Crippen LogP contribution < -0.4 is 15.4 Å². The number of alkyl halides is 5. The summed E-state index contributed by atoms with van der Waals surface area (Å²) in [5, 5.41) is 5.59. The van der Waals surface area contributed by atoms with Crippen molar-refractivity contribution in [1.29, 1.82) is 0 Å². The lowest BCUT2D eigenvalue weighted by Gasteiger charge is -2.20. The third-order valence-corrected chi connectivity index (χ3v) is 6.78. The minimum absolute atomic E-state index is 0.0528. The molecule has 0 spiro atoms. The number of anilines is 2. The highest BCUT2D eigenvalue weighted by Gasteiger charge is 2.58. The Kier molecular flexibility index (Phi) is 9.18. The highest BCUT2D eigenvalue weighted by atomic mass is 19.4. The molecule has 214 valence electrons. The number of carbonyl (C=O) groups is 1. The second kappa shape index (κ2) is 12.6. The van der Waals surface area contributed by atoms with Crippen LogP contribution in [-0.4, -0.2) is 53.2 Å². The molecule has 3 aromatic rings. The largest absolute Gasteiger partial charge is 0.478 e. The first kappa shape index (κ1) is 29.2. The van der Waals surface area contributed by atoms with E-state index < -0.39 is 23.6 Å². The van der Waals surface area contributed by atoms with Gasteiger partial charge in [-0.25, -0.2) is 9.97 Å². The number of benzene rings is 1. The Bertz CT molecular complexity index is 1290. The molecule has 7 nitrogen and oxygen atoms in total. The molecule has 3 heterocycles. The molecule has 1 unspecified atom stereocenters. The summed E-state index contributed by atoms with van der Waals surface area (Å²) in [5.74, 6) is -4.85. The zero-order valence-electron chi connectivity index (χ0n) is 21.8. The van der Waals surface area contributed by atoms with E-state index in [9.17, 15) is 26.7 Å². The molecule has 1 amide bonds. The third-order valence-electron chi connectivity index (χ3n) is 6.78. The Balaban J connectivity index is 1.32. The van der Waals surface area contributed by atoms with Crippen LogP contribution in [0.2, 0.25) is 0 Å². The van der Waals surface area contributed by atoms with Gasteiger partial charge in [-0.2, -0.15) is 22.0 Å². The SMILES string of the molecule is CN1CCCC1CCCOc1cc(CNc2ncccc2C(=O)Nc2ccc(C(F)(F)C(F)(F)F)cc2)ccn1. The van der Waals surface area contributed by atoms with E-state index in [1.165, 1.54) is 25.1 Å². The van der Waals surface area contributed by atoms with Crippen LogP contribution in [-0.2, 0) is 12.5 Å². The van der Waals surface area contributed by atoms with Crippen molar-refractivity contribution in [3.63, 3.8) is 0 Å². The zero-order chi connectivity index (χ0) is 28.8. The van der Waals surface area contributed by atoms with Gasteiger partial charge in [-0.05, 0) is 75.2 Å². The smallest absolute Gasteiger partial charge is 0.458 e. The van der Waals surface area contributed by atoms with Crippen molar-refractivity contribution in [3.05, 3.63) is 77.6 Å². The molecule has 4 rings (SSSR count). The Morgan fingerprint density at radius 3 is 2.55 bits per heavy atom. The number of carbonyl (C=O) groups excluding carboxylic acids is 1. The van der Waals surface area contributed by atoms with Crippen molar-refractivity contribution in [3.8, 4) is 5.88 Å². The summed E-state index contributed by atoms with van der Waals surface area (Å²) in [7, 11) is 2.15. The van der Waals surface area contributed by atoms with Crippen molar-refractivity contribution in [2.75, 3.05) is 30.8 Å². The normalized spacial score (nSPS) is 16.1. The maximum Gasteiger partial charge on any atom is 0.458 e. The maximum absolute atomic E-state index is 13.5. The molecule has 0 aliphatic carbocycles. The van der Waals surface area contributed by atoms with Crippen molar-refractivity contribution in [2.24, 2.45) is 0 Å². The van der Waals surface area contributed by atoms with Gasteiger partial charge in [-0.15, -0.1) is 0 Å². The predicted molar refractivity (Wildman–Crippen MR) is 141 cm³/mol. The molecule has 1 saturated heterocycles. The standard InChI is InChI=1S/C28H30F5N5O2/c1-38-15-3-5-22(38)6-4-16-40-24-17-19(12-14-34-24)18-36-25-23(7-2-13-35-25)26(39)37-21-10-8-20(9-11-21)27(29,30)28(31,32)33/h2,7-14,17,22H,3-6,15-16,18H2,1H3,(H,35,36)(H,37,39). The number of pyridine rings is 2. The molecule has 0 radical (unpaired) electrons. The molecule has 1 aliphatic rings. The van der Waals surface area contributed by atoms with Crippen LogP contribution in [0.5, 0.6) is 5.88 Å². The van der Waals surface area contributed by atoms with E-state index in [0.29, 0.717) is 37.2 Å². The fourth-order valence-electron chi connectivity index (χ4n) is 4.52. The van der Waals surface area contributed by atoms with E-state index >= 15 is 0 Å². The zero-order valence-corrected chi connectivity index (χ0v) is 21.8. The molecule has 40 heavy (non-hydrogen) atoms. The lowest BCUT2D eigenvalue weighted by molar-refractivity contribution is -0.289. The fourth-order valence-corrected chi connectivity index (χ4v) is 4.52. The lowest BCUT2D eigenvalue weighted by Crippen LogP contribution is -2.33. The average molecular weight is 564 g/mol. The molecule has 12 heteroatoms. The summed E-state index contributed by atoms with van der Waals surface area (Å²) in [6.45, 7) is 2.01. The van der Waals surface area contributed by atoms with Crippen LogP contribution in [0.15, 0.2) is 60.9 Å². The quantitative estimate of drug-likeness (QED) is 0.212. The Labute approximate surface area is 228 Å². The monoisotopic (exact) mass is 563 g/mol. The molecule has 2 N–H and O–H groups in total. The van der Waals surface area contributed by atoms with Gasteiger partial charge in [0.2, 0.25) is 5.88 Å². The van der Waals surface area contributed by atoms with Gasteiger partial charge in [0.25, 0.3) is 5.91 Å². The van der Waals surface area contributed by atoms with E-state index in [1.54, 1.807) is 24.4 Å². The number of hydrogen-bond acceptors (Lipinski definition) is 6. The molecule has 0 bridgehead atoms. The van der Waals surface area contributed by atoms with E-state index in [1.807, 2.05) is 0 Å². The summed E-state index contributed by atoms with van der Waals surface area (Å²) < 4.78 is 70.7. The molecular weight excluding hydrogens is 533 g/mol. The van der Waals surface area contributed by atoms with E-state index in [4.69, 9.17) is 4.74 Å². The van der Waals surface area contributed by atoms with Gasteiger partial charge in [0.15, 0.2) is 0 Å². The number of ether oxygens (including phenoxy) is 1. The van der Waals surface area contributed by atoms with Crippen LogP contribution in [0, 0.1) is 0 Å². The number of nitrogens with one attached hydrogen (secondary N) is 2.